The Bertz CT molecular complexity index is 129. The summed E-state index contributed by atoms with van der Waals surface area (Å²) in [6.45, 7) is 1.64. The molecule has 5 heteroatoms. The first-order chi connectivity index (χ1) is 5.70. The minimum atomic E-state index is -0.374. The van der Waals surface area contributed by atoms with Crippen LogP contribution < -0.4 is 0 Å². The maximum Gasteiger partial charge on any atom is 0.304 e. The van der Waals surface area contributed by atoms with Gasteiger partial charge in [0, 0.05) is 14.0 Å². The molecule has 0 amide bonds. The zero-order valence-electron chi connectivity index (χ0n) is 7.21. The molecule has 12 heavy (non-hydrogen) atoms. The molecule has 1 unspecified atom stereocenters. The van der Waals surface area contributed by atoms with E-state index in [0.717, 1.165) is 0 Å². The normalized spacial score (nSPS) is 12.6. The molecule has 0 bridgehead atoms. The summed E-state index contributed by atoms with van der Waals surface area (Å²) in [5.74, 6) is -0.0597. The van der Waals surface area contributed by atoms with Crippen LogP contribution in [-0.4, -0.2) is 38.5 Å². The van der Waals surface area contributed by atoms with Crippen molar-refractivity contribution in [2.24, 2.45) is 0 Å². The number of halogens is 1. The summed E-state index contributed by atoms with van der Waals surface area (Å²) in [7, 11) is 1.55. The second-order valence-corrected chi connectivity index (χ2v) is 2.46. The summed E-state index contributed by atoms with van der Waals surface area (Å²) in [5.41, 5.74) is 0. The predicted octanol–water partition coefficient (Wildman–Crippen LogP) is 0.777. The van der Waals surface area contributed by atoms with Gasteiger partial charge >= 0.3 is 5.97 Å². The molecule has 0 aromatic carbocycles. The molecule has 0 saturated carbocycles. The monoisotopic (exact) mass is 196 g/mol. The highest BCUT2D eigenvalue weighted by atomic mass is 35.5. The minimum absolute atomic E-state index is 0.0733. The molecule has 0 rings (SSSR count). The van der Waals surface area contributed by atoms with Crippen LogP contribution in [-0.2, 0) is 19.0 Å². The van der Waals surface area contributed by atoms with Crippen LogP contribution in [0.3, 0.4) is 0 Å². The van der Waals surface area contributed by atoms with E-state index in [-0.39, 0.29) is 18.9 Å². The smallest absolute Gasteiger partial charge is 0.304 e. The van der Waals surface area contributed by atoms with Gasteiger partial charge in [-0.15, -0.1) is 11.6 Å². The van der Waals surface area contributed by atoms with Gasteiger partial charge in [0.2, 0.25) is 0 Å². The molecule has 0 fully saturated rings. The number of alkyl halides is 1. The second kappa shape index (κ2) is 7.34. The molecule has 0 spiro atoms. The van der Waals surface area contributed by atoms with E-state index < -0.39 is 0 Å². The van der Waals surface area contributed by atoms with Gasteiger partial charge in [-0.05, 0) is 0 Å². The van der Waals surface area contributed by atoms with Crippen molar-refractivity contribution >= 4 is 17.6 Å². The maximum atomic E-state index is 10.3. The molecule has 4 nitrogen and oxygen atoms in total. The number of carbonyl (C=O) groups excluding carboxylic acids is 1. The zero-order valence-corrected chi connectivity index (χ0v) is 7.97. The van der Waals surface area contributed by atoms with Gasteiger partial charge < -0.3 is 14.2 Å². The fourth-order valence-electron chi connectivity index (χ4n) is 0.536. The number of esters is 1. The Kier molecular flexibility index (Phi) is 7.14. The van der Waals surface area contributed by atoms with Gasteiger partial charge in [-0.2, -0.15) is 0 Å². The Labute approximate surface area is 76.7 Å². The van der Waals surface area contributed by atoms with Gasteiger partial charge in [-0.3, -0.25) is 4.79 Å². The van der Waals surface area contributed by atoms with E-state index in [1.165, 1.54) is 6.92 Å². The zero-order chi connectivity index (χ0) is 9.40. The van der Waals surface area contributed by atoms with Crippen LogP contribution in [0.4, 0.5) is 0 Å². The maximum absolute atomic E-state index is 10.3. The van der Waals surface area contributed by atoms with Crippen LogP contribution in [0.5, 0.6) is 0 Å². The van der Waals surface area contributed by atoms with Crippen LogP contribution >= 0.6 is 11.6 Å². The SMILES string of the molecule is COCC(CCl)OCOC(C)=O. The van der Waals surface area contributed by atoms with Gasteiger partial charge in [-0.25, -0.2) is 0 Å². The number of ether oxygens (including phenoxy) is 3. The number of rotatable bonds is 6. The summed E-state index contributed by atoms with van der Waals surface area (Å²) in [4.78, 5) is 10.3. The predicted molar refractivity (Wildman–Crippen MR) is 44.1 cm³/mol. The van der Waals surface area contributed by atoms with Crippen molar-refractivity contribution in [3.8, 4) is 0 Å². The van der Waals surface area contributed by atoms with Gasteiger partial charge in [0.1, 0.15) is 0 Å². The Morgan fingerprint density at radius 2 is 2.25 bits per heavy atom. The van der Waals surface area contributed by atoms with E-state index >= 15 is 0 Å². The third-order valence-corrected chi connectivity index (χ3v) is 1.43. The third kappa shape index (κ3) is 6.39. The number of carbonyl (C=O) groups is 1. The van der Waals surface area contributed by atoms with Crippen LogP contribution in [0.1, 0.15) is 6.92 Å². The number of hydrogen-bond acceptors (Lipinski definition) is 4. The molecular weight excluding hydrogens is 184 g/mol. The fourth-order valence-corrected chi connectivity index (χ4v) is 0.714. The van der Waals surface area contributed by atoms with Crippen LogP contribution in [0.25, 0.3) is 0 Å². The van der Waals surface area contributed by atoms with Gasteiger partial charge in [0.05, 0.1) is 18.6 Å². The topological polar surface area (TPSA) is 44.8 Å². The first-order valence-corrected chi connectivity index (χ1v) is 4.04. The number of hydrogen-bond donors (Lipinski definition) is 0. The lowest BCUT2D eigenvalue weighted by Gasteiger charge is -2.13. The van der Waals surface area contributed by atoms with Crippen molar-refractivity contribution in [1.82, 2.24) is 0 Å². The van der Waals surface area contributed by atoms with Crippen molar-refractivity contribution in [2.75, 3.05) is 26.4 Å². The molecule has 0 aromatic heterocycles. The lowest BCUT2D eigenvalue weighted by atomic mass is 10.4. The Morgan fingerprint density at radius 1 is 1.58 bits per heavy atom. The molecule has 0 N–H and O–H groups in total. The minimum Gasteiger partial charge on any atom is -0.439 e. The summed E-state index contributed by atoms with van der Waals surface area (Å²) < 4.78 is 14.4. The van der Waals surface area contributed by atoms with E-state index in [1.54, 1.807) is 7.11 Å². The average molecular weight is 197 g/mol. The Morgan fingerprint density at radius 3 is 2.67 bits per heavy atom. The van der Waals surface area contributed by atoms with Crippen molar-refractivity contribution < 1.29 is 19.0 Å². The Balaban J connectivity index is 3.37. The first-order valence-electron chi connectivity index (χ1n) is 3.50. The Hall–Kier alpha value is -0.320. The number of methoxy groups -OCH3 is 1. The molecule has 0 saturated heterocycles. The summed E-state index contributed by atoms with van der Waals surface area (Å²) in [5, 5.41) is 0. The second-order valence-electron chi connectivity index (χ2n) is 2.15. The molecule has 72 valence electrons. The molecule has 0 aliphatic carbocycles. The van der Waals surface area contributed by atoms with E-state index in [0.29, 0.717) is 12.5 Å². The van der Waals surface area contributed by atoms with Crippen LogP contribution in [0.2, 0.25) is 0 Å². The summed E-state index contributed by atoms with van der Waals surface area (Å²) >= 11 is 5.52. The molecule has 0 aliphatic rings. The summed E-state index contributed by atoms with van der Waals surface area (Å²) in [6.07, 6.45) is -0.226. The highest BCUT2D eigenvalue weighted by Gasteiger charge is 2.06. The van der Waals surface area contributed by atoms with Crippen LogP contribution in [0, 0.1) is 0 Å². The fraction of sp³-hybridized carbons (Fsp3) is 0.857. The first kappa shape index (κ1) is 11.7. The highest BCUT2D eigenvalue weighted by Crippen LogP contribution is 1.96. The molecular formula is C7H13ClO4. The molecule has 0 radical (unpaired) electrons. The van der Waals surface area contributed by atoms with Crippen molar-refractivity contribution in [3.63, 3.8) is 0 Å². The van der Waals surface area contributed by atoms with Gasteiger partial charge in [0.15, 0.2) is 6.79 Å². The van der Waals surface area contributed by atoms with E-state index in [4.69, 9.17) is 21.1 Å². The quantitative estimate of drug-likeness (QED) is 0.358. The molecule has 0 heterocycles. The molecule has 0 aliphatic heterocycles. The van der Waals surface area contributed by atoms with Gasteiger partial charge in [0.25, 0.3) is 0 Å². The van der Waals surface area contributed by atoms with Crippen molar-refractivity contribution in [1.29, 1.82) is 0 Å². The molecule has 1 atom stereocenters. The third-order valence-electron chi connectivity index (χ3n) is 1.09. The van der Waals surface area contributed by atoms with E-state index in [1.807, 2.05) is 0 Å². The largest absolute Gasteiger partial charge is 0.439 e. The van der Waals surface area contributed by atoms with Crippen molar-refractivity contribution in [2.45, 2.75) is 13.0 Å². The highest BCUT2D eigenvalue weighted by molar-refractivity contribution is 6.18. The lowest BCUT2D eigenvalue weighted by Crippen LogP contribution is -2.22. The van der Waals surface area contributed by atoms with Crippen LogP contribution in [0.15, 0.2) is 0 Å². The lowest BCUT2D eigenvalue weighted by molar-refractivity contribution is -0.159. The van der Waals surface area contributed by atoms with Gasteiger partial charge in [-0.1, -0.05) is 0 Å². The van der Waals surface area contributed by atoms with E-state index in [9.17, 15) is 4.79 Å². The van der Waals surface area contributed by atoms with Crippen molar-refractivity contribution in [3.05, 3.63) is 0 Å². The standard InChI is InChI=1S/C7H13ClO4/c1-6(9)11-5-12-7(3-8)4-10-2/h7H,3-5H2,1-2H3. The average Bonchev–Trinajstić information content (AvgIpc) is 2.02. The van der Waals surface area contributed by atoms with E-state index in [2.05, 4.69) is 4.74 Å². The molecule has 0 aromatic rings. The summed E-state index contributed by atoms with van der Waals surface area (Å²) in [6, 6.07) is 0.